The fraction of sp³-hybridized carbons (Fsp3) is 0.462. The minimum atomic E-state index is -0.525. The van der Waals surface area contributed by atoms with Gasteiger partial charge in [-0.2, -0.15) is 0 Å². The summed E-state index contributed by atoms with van der Waals surface area (Å²) >= 11 is 0. The third-order valence-corrected chi connectivity index (χ3v) is 2.63. The van der Waals surface area contributed by atoms with Crippen LogP contribution < -0.4 is 0 Å². The molecule has 0 radical (unpaired) electrons. The second kappa shape index (κ2) is 5.66. The maximum atomic E-state index is 11.9. The van der Waals surface area contributed by atoms with Crippen LogP contribution in [-0.4, -0.2) is 17.0 Å². The van der Waals surface area contributed by atoms with E-state index in [2.05, 4.69) is 0 Å². The SMILES string of the molecule is CCC[C@@H](O)[C@H](C)C(=O)c1ccccc1. The summed E-state index contributed by atoms with van der Waals surface area (Å²) in [6, 6.07) is 9.14. The molecule has 82 valence electrons. The van der Waals surface area contributed by atoms with E-state index in [1.807, 2.05) is 25.1 Å². The fourth-order valence-electron chi connectivity index (χ4n) is 1.59. The smallest absolute Gasteiger partial charge is 0.168 e. The molecule has 2 heteroatoms. The van der Waals surface area contributed by atoms with E-state index in [-0.39, 0.29) is 11.7 Å². The average Bonchev–Trinajstić information content (AvgIpc) is 2.28. The van der Waals surface area contributed by atoms with Crippen molar-refractivity contribution in [3.8, 4) is 0 Å². The predicted octanol–water partition coefficient (Wildman–Crippen LogP) is 2.67. The number of hydrogen-bond donors (Lipinski definition) is 1. The van der Waals surface area contributed by atoms with Crippen molar-refractivity contribution in [2.45, 2.75) is 32.8 Å². The van der Waals surface area contributed by atoms with E-state index in [1.54, 1.807) is 19.1 Å². The second-order valence-corrected chi connectivity index (χ2v) is 3.87. The normalized spacial score (nSPS) is 14.6. The van der Waals surface area contributed by atoms with Crippen LogP contribution >= 0.6 is 0 Å². The van der Waals surface area contributed by atoms with Gasteiger partial charge in [-0.15, -0.1) is 0 Å². The zero-order chi connectivity index (χ0) is 11.3. The number of Topliss-reactive ketones (excluding diaryl/α,β-unsaturated/α-hetero) is 1. The quantitative estimate of drug-likeness (QED) is 0.752. The number of carbonyl (C=O) groups is 1. The summed E-state index contributed by atoms with van der Waals surface area (Å²) in [6.45, 7) is 3.79. The zero-order valence-corrected chi connectivity index (χ0v) is 9.31. The summed E-state index contributed by atoms with van der Waals surface area (Å²) < 4.78 is 0. The highest BCUT2D eigenvalue weighted by atomic mass is 16.3. The summed E-state index contributed by atoms with van der Waals surface area (Å²) in [7, 11) is 0. The highest BCUT2D eigenvalue weighted by molar-refractivity contribution is 5.97. The van der Waals surface area contributed by atoms with Crippen molar-refractivity contribution in [2.24, 2.45) is 5.92 Å². The molecule has 0 aliphatic rings. The molecule has 15 heavy (non-hydrogen) atoms. The number of rotatable bonds is 5. The number of aliphatic hydroxyl groups excluding tert-OH is 1. The molecule has 0 heterocycles. The van der Waals surface area contributed by atoms with Gasteiger partial charge >= 0.3 is 0 Å². The minimum Gasteiger partial charge on any atom is -0.392 e. The van der Waals surface area contributed by atoms with E-state index in [0.717, 1.165) is 6.42 Å². The standard InChI is InChI=1S/C13H18O2/c1-3-7-12(14)10(2)13(15)11-8-5-4-6-9-11/h4-6,8-10,12,14H,3,7H2,1-2H3/t10-,12+/m0/s1. The Hall–Kier alpha value is -1.15. The lowest BCUT2D eigenvalue weighted by atomic mass is 9.92. The van der Waals surface area contributed by atoms with Crippen molar-refractivity contribution in [1.82, 2.24) is 0 Å². The summed E-state index contributed by atoms with van der Waals surface area (Å²) in [4.78, 5) is 11.9. The molecule has 0 amide bonds. The average molecular weight is 206 g/mol. The molecule has 0 aliphatic heterocycles. The maximum absolute atomic E-state index is 11.9. The van der Waals surface area contributed by atoms with E-state index in [0.29, 0.717) is 12.0 Å². The van der Waals surface area contributed by atoms with Gasteiger partial charge in [0.25, 0.3) is 0 Å². The van der Waals surface area contributed by atoms with Crippen molar-refractivity contribution in [3.05, 3.63) is 35.9 Å². The van der Waals surface area contributed by atoms with Crippen molar-refractivity contribution in [1.29, 1.82) is 0 Å². The third-order valence-electron chi connectivity index (χ3n) is 2.63. The molecule has 0 saturated carbocycles. The van der Waals surface area contributed by atoms with E-state index < -0.39 is 6.10 Å². The maximum Gasteiger partial charge on any atom is 0.168 e. The van der Waals surface area contributed by atoms with Crippen LogP contribution in [0.4, 0.5) is 0 Å². The molecule has 0 spiro atoms. The Balaban J connectivity index is 2.69. The first-order valence-corrected chi connectivity index (χ1v) is 5.44. The number of benzene rings is 1. The van der Waals surface area contributed by atoms with Crippen molar-refractivity contribution < 1.29 is 9.90 Å². The lowest BCUT2D eigenvalue weighted by molar-refractivity contribution is 0.0689. The largest absolute Gasteiger partial charge is 0.392 e. The molecule has 2 atom stereocenters. The monoisotopic (exact) mass is 206 g/mol. The molecule has 0 aromatic heterocycles. The van der Waals surface area contributed by atoms with Crippen LogP contribution in [0.1, 0.15) is 37.0 Å². The molecule has 1 rings (SSSR count). The highest BCUT2D eigenvalue weighted by Gasteiger charge is 2.21. The Morgan fingerprint density at radius 3 is 2.47 bits per heavy atom. The van der Waals surface area contributed by atoms with Gasteiger partial charge < -0.3 is 5.11 Å². The van der Waals surface area contributed by atoms with E-state index in [1.165, 1.54) is 0 Å². The number of hydrogen-bond acceptors (Lipinski definition) is 2. The van der Waals surface area contributed by atoms with Crippen LogP contribution in [0.15, 0.2) is 30.3 Å². The van der Waals surface area contributed by atoms with Crippen LogP contribution in [-0.2, 0) is 0 Å². The highest BCUT2D eigenvalue weighted by Crippen LogP contribution is 2.15. The first-order chi connectivity index (χ1) is 7.16. The molecule has 1 N–H and O–H groups in total. The molecule has 0 bridgehead atoms. The van der Waals surface area contributed by atoms with Gasteiger partial charge in [0.05, 0.1) is 6.10 Å². The van der Waals surface area contributed by atoms with Gasteiger partial charge in [-0.1, -0.05) is 50.6 Å². The Kier molecular flexibility index (Phi) is 4.50. The summed E-state index contributed by atoms with van der Waals surface area (Å²) in [5.74, 6) is -0.288. The Morgan fingerprint density at radius 1 is 1.33 bits per heavy atom. The van der Waals surface area contributed by atoms with Crippen LogP contribution in [0, 0.1) is 5.92 Å². The van der Waals surface area contributed by atoms with Gasteiger partial charge in [0, 0.05) is 11.5 Å². The molecule has 0 aliphatic carbocycles. The fourth-order valence-corrected chi connectivity index (χ4v) is 1.59. The number of ketones is 1. The number of carbonyl (C=O) groups excluding carboxylic acids is 1. The third kappa shape index (κ3) is 3.17. The van der Waals surface area contributed by atoms with Crippen molar-refractivity contribution >= 4 is 5.78 Å². The topological polar surface area (TPSA) is 37.3 Å². The Bertz CT molecular complexity index is 306. The van der Waals surface area contributed by atoms with E-state index in [4.69, 9.17) is 0 Å². The lowest BCUT2D eigenvalue weighted by Gasteiger charge is -2.16. The van der Waals surface area contributed by atoms with Crippen LogP contribution in [0.3, 0.4) is 0 Å². The van der Waals surface area contributed by atoms with Gasteiger partial charge in [-0.05, 0) is 6.42 Å². The first-order valence-electron chi connectivity index (χ1n) is 5.44. The summed E-state index contributed by atoms with van der Waals surface area (Å²) in [6.07, 6.45) is 1.05. The predicted molar refractivity (Wildman–Crippen MR) is 60.9 cm³/mol. The molecular weight excluding hydrogens is 188 g/mol. The van der Waals surface area contributed by atoms with Gasteiger partial charge in [0.2, 0.25) is 0 Å². The van der Waals surface area contributed by atoms with E-state index in [9.17, 15) is 9.90 Å². The minimum absolute atomic E-state index is 0.0246. The van der Waals surface area contributed by atoms with Crippen LogP contribution in [0.2, 0.25) is 0 Å². The molecule has 1 aromatic carbocycles. The van der Waals surface area contributed by atoms with Gasteiger partial charge in [-0.3, -0.25) is 4.79 Å². The van der Waals surface area contributed by atoms with Gasteiger partial charge in [0.1, 0.15) is 0 Å². The zero-order valence-electron chi connectivity index (χ0n) is 9.31. The molecular formula is C13H18O2. The number of aliphatic hydroxyl groups is 1. The van der Waals surface area contributed by atoms with Crippen molar-refractivity contribution in [3.63, 3.8) is 0 Å². The first kappa shape index (κ1) is 11.9. The Morgan fingerprint density at radius 2 is 1.93 bits per heavy atom. The molecule has 0 fully saturated rings. The second-order valence-electron chi connectivity index (χ2n) is 3.87. The summed E-state index contributed by atoms with van der Waals surface area (Å²) in [5, 5.41) is 9.73. The molecule has 0 saturated heterocycles. The summed E-state index contributed by atoms with van der Waals surface area (Å²) in [5.41, 5.74) is 0.681. The Labute approximate surface area is 90.9 Å². The van der Waals surface area contributed by atoms with Crippen molar-refractivity contribution in [2.75, 3.05) is 0 Å². The van der Waals surface area contributed by atoms with Crippen LogP contribution in [0.5, 0.6) is 0 Å². The molecule has 1 aromatic rings. The van der Waals surface area contributed by atoms with Gasteiger partial charge in [0.15, 0.2) is 5.78 Å². The lowest BCUT2D eigenvalue weighted by Crippen LogP contribution is -2.25. The molecule has 0 unspecified atom stereocenters. The van der Waals surface area contributed by atoms with Gasteiger partial charge in [-0.25, -0.2) is 0 Å². The van der Waals surface area contributed by atoms with Crippen LogP contribution in [0.25, 0.3) is 0 Å². The van der Waals surface area contributed by atoms with E-state index >= 15 is 0 Å². The molecule has 2 nitrogen and oxygen atoms in total.